The van der Waals surface area contributed by atoms with Crippen molar-refractivity contribution in [2.45, 2.75) is 13.0 Å². The molecule has 0 aliphatic carbocycles. The first-order chi connectivity index (χ1) is 6.20. The number of halogens is 2. The number of rotatable bonds is 2. The van der Waals surface area contributed by atoms with E-state index in [1.54, 1.807) is 6.07 Å². The van der Waals surface area contributed by atoms with Gasteiger partial charge in [-0.05, 0) is 6.07 Å². The molecule has 5 heteroatoms. The van der Waals surface area contributed by atoms with Crippen LogP contribution in [0.15, 0.2) is 12.3 Å². The highest BCUT2D eigenvalue weighted by Gasteiger charge is 2.15. The average Bonchev–Trinajstić information content (AvgIpc) is 2.16. The maximum Gasteiger partial charge on any atom is 0.264 e. The predicted octanol–water partition coefficient (Wildman–Crippen LogP) is 1.38. The molecule has 0 atom stereocenters. The van der Waals surface area contributed by atoms with E-state index in [2.05, 4.69) is 4.98 Å². The van der Waals surface area contributed by atoms with Crippen molar-refractivity contribution >= 4 is 0 Å². The lowest BCUT2D eigenvalue weighted by Crippen LogP contribution is -2.00. The van der Waals surface area contributed by atoms with Gasteiger partial charge in [-0.15, -0.1) is 0 Å². The molecule has 0 amide bonds. The number of nitrogens with zero attached hydrogens (tertiary/aromatic N) is 2. The van der Waals surface area contributed by atoms with E-state index >= 15 is 0 Å². The quantitative estimate of drug-likeness (QED) is 0.755. The molecule has 3 nitrogen and oxygen atoms in total. The first kappa shape index (κ1) is 9.55. The van der Waals surface area contributed by atoms with Crippen LogP contribution in [0.4, 0.5) is 8.78 Å². The Bertz CT molecular complexity index is 346. The third-order valence-electron chi connectivity index (χ3n) is 1.59. The Balaban J connectivity index is 3.29. The zero-order chi connectivity index (χ0) is 9.84. The van der Waals surface area contributed by atoms with Crippen molar-refractivity contribution in [1.29, 1.82) is 5.26 Å². The van der Waals surface area contributed by atoms with Gasteiger partial charge >= 0.3 is 0 Å². The van der Waals surface area contributed by atoms with Crippen LogP contribution >= 0.6 is 0 Å². The second-order valence-electron chi connectivity index (χ2n) is 2.30. The zero-order valence-corrected chi connectivity index (χ0v) is 6.54. The van der Waals surface area contributed by atoms with Crippen LogP contribution in [-0.2, 0) is 6.61 Å². The molecule has 1 heterocycles. The van der Waals surface area contributed by atoms with E-state index in [9.17, 15) is 8.78 Å². The molecule has 0 spiro atoms. The monoisotopic (exact) mass is 184 g/mol. The maximum atomic E-state index is 12.3. The molecule has 1 aromatic rings. The maximum absolute atomic E-state index is 12.3. The molecule has 0 aliphatic rings. The molecule has 0 aliphatic heterocycles. The van der Waals surface area contributed by atoms with Crippen molar-refractivity contribution in [1.82, 2.24) is 4.98 Å². The number of aliphatic hydroxyl groups excluding tert-OH is 1. The van der Waals surface area contributed by atoms with Crippen LogP contribution < -0.4 is 0 Å². The van der Waals surface area contributed by atoms with Crippen LogP contribution in [0, 0.1) is 11.3 Å². The summed E-state index contributed by atoms with van der Waals surface area (Å²) >= 11 is 0. The third kappa shape index (κ3) is 1.79. The third-order valence-corrected chi connectivity index (χ3v) is 1.59. The first-order valence-corrected chi connectivity index (χ1v) is 3.47. The van der Waals surface area contributed by atoms with E-state index in [0.717, 1.165) is 12.3 Å². The fourth-order valence-electron chi connectivity index (χ4n) is 0.974. The van der Waals surface area contributed by atoms with Crippen molar-refractivity contribution in [3.05, 3.63) is 29.1 Å². The van der Waals surface area contributed by atoms with Gasteiger partial charge < -0.3 is 5.11 Å². The number of nitriles is 1. The highest BCUT2D eigenvalue weighted by Crippen LogP contribution is 2.23. The van der Waals surface area contributed by atoms with E-state index in [1.807, 2.05) is 0 Å². The van der Waals surface area contributed by atoms with E-state index < -0.39 is 13.0 Å². The van der Waals surface area contributed by atoms with Crippen molar-refractivity contribution in [3.8, 4) is 6.07 Å². The van der Waals surface area contributed by atoms with Gasteiger partial charge in [0.15, 0.2) is 0 Å². The Kier molecular flexibility index (Phi) is 2.88. The highest BCUT2D eigenvalue weighted by molar-refractivity contribution is 5.37. The van der Waals surface area contributed by atoms with Crippen LogP contribution in [-0.4, -0.2) is 10.1 Å². The van der Waals surface area contributed by atoms with Gasteiger partial charge in [-0.25, -0.2) is 13.8 Å². The van der Waals surface area contributed by atoms with Crippen molar-refractivity contribution < 1.29 is 13.9 Å². The lowest BCUT2D eigenvalue weighted by Gasteiger charge is -2.06. The Morgan fingerprint density at radius 2 is 2.31 bits per heavy atom. The van der Waals surface area contributed by atoms with E-state index in [4.69, 9.17) is 10.4 Å². The van der Waals surface area contributed by atoms with Crippen LogP contribution in [0.5, 0.6) is 0 Å². The topological polar surface area (TPSA) is 56.9 Å². The molecule has 0 saturated heterocycles. The van der Waals surface area contributed by atoms with Gasteiger partial charge in [0.25, 0.3) is 6.43 Å². The molecular weight excluding hydrogens is 178 g/mol. The molecule has 0 unspecified atom stereocenters. The average molecular weight is 184 g/mol. The number of alkyl halides is 2. The van der Waals surface area contributed by atoms with Gasteiger partial charge in [0, 0.05) is 17.3 Å². The molecule has 1 rings (SSSR count). The van der Waals surface area contributed by atoms with Crippen molar-refractivity contribution in [2.75, 3.05) is 0 Å². The molecular formula is C8H6F2N2O. The van der Waals surface area contributed by atoms with Gasteiger partial charge in [-0.2, -0.15) is 5.26 Å². The summed E-state index contributed by atoms with van der Waals surface area (Å²) in [5.41, 5.74) is -0.589. The molecule has 0 fully saturated rings. The highest BCUT2D eigenvalue weighted by atomic mass is 19.3. The predicted molar refractivity (Wildman–Crippen MR) is 39.8 cm³/mol. The summed E-state index contributed by atoms with van der Waals surface area (Å²) in [5.74, 6) is 0. The molecule has 0 aromatic carbocycles. The molecule has 13 heavy (non-hydrogen) atoms. The molecule has 0 radical (unpaired) electrons. The van der Waals surface area contributed by atoms with Gasteiger partial charge in [-0.3, -0.25) is 0 Å². The van der Waals surface area contributed by atoms with Gasteiger partial charge in [0.1, 0.15) is 11.8 Å². The Morgan fingerprint density at radius 3 is 2.77 bits per heavy atom. The first-order valence-electron chi connectivity index (χ1n) is 3.47. The summed E-state index contributed by atoms with van der Waals surface area (Å²) in [6.07, 6.45) is -1.57. The van der Waals surface area contributed by atoms with Crippen molar-refractivity contribution in [3.63, 3.8) is 0 Å². The van der Waals surface area contributed by atoms with E-state index in [-0.39, 0.29) is 16.8 Å². The van der Waals surface area contributed by atoms with E-state index in [1.165, 1.54) is 0 Å². The summed E-state index contributed by atoms with van der Waals surface area (Å²) in [6.45, 7) is -0.601. The van der Waals surface area contributed by atoms with Gasteiger partial charge in [-0.1, -0.05) is 0 Å². The summed E-state index contributed by atoms with van der Waals surface area (Å²) in [5, 5.41) is 17.2. The fraction of sp³-hybridized carbons (Fsp3) is 0.250. The Hall–Kier alpha value is -1.54. The largest absolute Gasteiger partial charge is 0.392 e. The Labute approximate surface area is 73.3 Å². The molecule has 0 saturated carbocycles. The minimum Gasteiger partial charge on any atom is -0.392 e. The number of hydrogen-bond donors (Lipinski definition) is 1. The molecule has 1 aromatic heterocycles. The SMILES string of the molecule is N#Cc1nccc(C(F)F)c1CO. The van der Waals surface area contributed by atoms with Crippen molar-refractivity contribution in [2.24, 2.45) is 0 Å². The number of hydrogen-bond acceptors (Lipinski definition) is 3. The summed E-state index contributed by atoms with van der Waals surface area (Å²) in [6, 6.07) is 2.73. The van der Waals surface area contributed by atoms with Crippen LogP contribution in [0.1, 0.15) is 23.2 Å². The normalized spacial score (nSPS) is 10.1. The minimum atomic E-state index is -2.70. The zero-order valence-electron chi connectivity index (χ0n) is 6.54. The smallest absolute Gasteiger partial charge is 0.264 e. The lowest BCUT2D eigenvalue weighted by atomic mass is 10.1. The molecule has 68 valence electrons. The number of pyridine rings is 1. The van der Waals surface area contributed by atoms with Crippen LogP contribution in [0.2, 0.25) is 0 Å². The standard InChI is InChI=1S/C8H6F2N2O/c9-8(10)5-1-2-12-7(3-11)6(5)4-13/h1-2,8,13H,4H2. The second kappa shape index (κ2) is 3.92. The van der Waals surface area contributed by atoms with E-state index in [0.29, 0.717) is 0 Å². The summed E-state index contributed by atoms with van der Waals surface area (Å²) in [4.78, 5) is 3.56. The number of aromatic nitrogens is 1. The summed E-state index contributed by atoms with van der Waals surface area (Å²) < 4.78 is 24.6. The molecule has 1 N–H and O–H groups in total. The number of aliphatic hydroxyl groups is 1. The Morgan fingerprint density at radius 1 is 1.62 bits per heavy atom. The van der Waals surface area contributed by atoms with Gasteiger partial charge in [0.05, 0.1) is 6.61 Å². The summed E-state index contributed by atoms with van der Waals surface area (Å²) in [7, 11) is 0. The lowest BCUT2D eigenvalue weighted by molar-refractivity contribution is 0.147. The van der Waals surface area contributed by atoms with Crippen LogP contribution in [0.3, 0.4) is 0 Å². The second-order valence-corrected chi connectivity index (χ2v) is 2.30. The fourth-order valence-corrected chi connectivity index (χ4v) is 0.974. The minimum absolute atomic E-state index is 0.0972. The van der Waals surface area contributed by atoms with Crippen LogP contribution in [0.25, 0.3) is 0 Å². The molecule has 0 bridgehead atoms. The van der Waals surface area contributed by atoms with Gasteiger partial charge in [0.2, 0.25) is 0 Å².